The van der Waals surface area contributed by atoms with Gasteiger partial charge in [0.1, 0.15) is 6.04 Å². The second kappa shape index (κ2) is 11.8. The van der Waals surface area contributed by atoms with Crippen molar-refractivity contribution in [3.8, 4) is 0 Å². The zero-order chi connectivity index (χ0) is 24.9. The van der Waals surface area contributed by atoms with Gasteiger partial charge in [-0.1, -0.05) is 25.5 Å². The van der Waals surface area contributed by atoms with E-state index in [1.165, 1.54) is 0 Å². The van der Waals surface area contributed by atoms with E-state index in [-0.39, 0.29) is 42.2 Å². The first-order valence-electron chi connectivity index (χ1n) is 12.7. The molecule has 0 aliphatic carbocycles. The van der Waals surface area contributed by atoms with Gasteiger partial charge >= 0.3 is 5.97 Å². The lowest BCUT2D eigenvalue weighted by Crippen LogP contribution is -2.56. The number of unbranched alkanes of at least 4 members (excludes halogenated alkanes) is 2. The molecule has 34 heavy (non-hydrogen) atoms. The Bertz CT molecular complexity index is 789. The topological polar surface area (TPSA) is 87.2 Å². The summed E-state index contributed by atoms with van der Waals surface area (Å²) in [5.74, 6) is -1.74. The summed E-state index contributed by atoms with van der Waals surface area (Å²) in [7, 11) is 0. The maximum Gasteiger partial charge on any atom is 0.310 e. The summed E-state index contributed by atoms with van der Waals surface area (Å²) >= 11 is 1.63. The Balaban J connectivity index is 1.87. The monoisotopic (exact) mass is 492 g/mol. The number of hydrogen-bond donors (Lipinski definition) is 1. The molecule has 2 amide bonds. The van der Waals surface area contributed by atoms with E-state index in [1.54, 1.807) is 22.7 Å². The molecule has 1 spiro atoms. The Labute approximate surface area is 208 Å². The molecule has 0 aromatic rings. The number of β-amino-alcohol motifs (C(OH)–C–C–N with tert-alkyl or cyclic N) is 1. The zero-order valence-corrected chi connectivity index (χ0v) is 21.4. The minimum atomic E-state index is -0.684. The molecule has 6 atom stereocenters. The number of rotatable bonds is 14. The van der Waals surface area contributed by atoms with Crippen LogP contribution in [0, 0.1) is 11.8 Å². The van der Waals surface area contributed by atoms with Gasteiger partial charge in [-0.15, -0.1) is 24.9 Å². The molecule has 3 fully saturated rings. The quantitative estimate of drug-likeness (QED) is 0.228. The molecule has 7 nitrogen and oxygen atoms in total. The van der Waals surface area contributed by atoms with Crippen molar-refractivity contribution >= 4 is 29.5 Å². The predicted octanol–water partition coefficient (Wildman–Crippen LogP) is 3.17. The van der Waals surface area contributed by atoms with Gasteiger partial charge in [0.05, 0.1) is 29.8 Å². The molecule has 0 aromatic heterocycles. The maximum atomic E-state index is 14.0. The number of aliphatic hydroxyl groups is 1. The van der Waals surface area contributed by atoms with E-state index in [4.69, 9.17) is 4.74 Å². The molecule has 3 heterocycles. The van der Waals surface area contributed by atoms with Crippen LogP contribution in [0.3, 0.4) is 0 Å². The summed E-state index contributed by atoms with van der Waals surface area (Å²) in [5, 5.41) is 9.72. The van der Waals surface area contributed by atoms with Crippen molar-refractivity contribution in [1.82, 2.24) is 9.80 Å². The van der Waals surface area contributed by atoms with E-state index in [9.17, 15) is 19.5 Å². The fraction of sp³-hybridized carbons (Fsp3) is 0.731. The second-order valence-electron chi connectivity index (χ2n) is 9.68. The Kier molecular flexibility index (Phi) is 9.27. The first-order chi connectivity index (χ1) is 16.4. The van der Waals surface area contributed by atoms with Crippen LogP contribution in [-0.2, 0) is 19.1 Å². The highest BCUT2D eigenvalue weighted by Crippen LogP contribution is 2.66. The number of carbonyl (C=O) groups is 3. The smallest absolute Gasteiger partial charge is 0.310 e. The van der Waals surface area contributed by atoms with Crippen LogP contribution in [0.25, 0.3) is 0 Å². The third-order valence-corrected chi connectivity index (χ3v) is 9.49. The lowest BCUT2D eigenvalue weighted by atomic mass is 9.71. The summed E-state index contributed by atoms with van der Waals surface area (Å²) < 4.78 is 4.96. The van der Waals surface area contributed by atoms with Crippen LogP contribution < -0.4 is 0 Å². The minimum Gasteiger partial charge on any atom is -0.465 e. The number of likely N-dealkylation sites (tertiary alicyclic amines) is 1. The van der Waals surface area contributed by atoms with Gasteiger partial charge in [0.15, 0.2) is 0 Å². The largest absolute Gasteiger partial charge is 0.465 e. The van der Waals surface area contributed by atoms with Crippen molar-refractivity contribution in [1.29, 1.82) is 0 Å². The molecule has 3 aliphatic rings. The third kappa shape index (κ3) is 4.81. The van der Waals surface area contributed by atoms with E-state index >= 15 is 0 Å². The number of thioether (sulfide) groups is 1. The number of esters is 1. The molecular weight excluding hydrogens is 452 g/mol. The molecule has 190 valence electrons. The second-order valence-corrected chi connectivity index (χ2v) is 11.3. The highest BCUT2D eigenvalue weighted by molar-refractivity contribution is 8.02. The van der Waals surface area contributed by atoms with E-state index < -0.39 is 22.6 Å². The van der Waals surface area contributed by atoms with Crippen molar-refractivity contribution in [2.45, 2.75) is 80.9 Å². The van der Waals surface area contributed by atoms with Gasteiger partial charge in [-0.25, -0.2) is 0 Å². The lowest BCUT2D eigenvalue weighted by molar-refractivity contribution is -0.154. The van der Waals surface area contributed by atoms with E-state index in [0.717, 1.165) is 38.5 Å². The molecule has 0 radical (unpaired) electrons. The summed E-state index contributed by atoms with van der Waals surface area (Å²) in [6.07, 6.45) is 9.40. The van der Waals surface area contributed by atoms with Gasteiger partial charge in [-0.3, -0.25) is 14.4 Å². The SMILES string of the molecule is C=CCCCCOC(=O)[C@@H]1[C@@H]2CCC3(S2)C(C(=O)N(CC=C)C(C)CCC)N(CCO)C(=O)[C@H]13. The number of carbonyl (C=O) groups excluding carboxylic acids is 3. The van der Waals surface area contributed by atoms with Gasteiger partial charge in [-0.2, -0.15) is 0 Å². The van der Waals surface area contributed by atoms with Crippen LogP contribution in [-0.4, -0.2) is 81.1 Å². The van der Waals surface area contributed by atoms with Crippen LogP contribution in [0.15, 0.2) is 25.3 Å². The number of amides is 2. The highest BCUT2D eigenvalue weighted by Gasteiger charge is 2.74. The molecule has 3 rings (SSSR count). The van der Waals surface area contributed by atoms with Crippen molar-refractivity contribution in [3.63, 3.8) is 0 Å². The van der Waals surface area contributed by atoms with Crippen molar-refractivity contribution in [3.05, 3.63) is 25.3 Å². The van der Waals surface area contributed by atoms with Crippen LogP contribution in [0.1, 0.15) is 58.8 Å². The molecule has 1 N–H and O–H groups in total. The standard InChI is InChI=1S/C26H40N2O5S/c1-5-8-9-10-17-33-25(32)20-19-12-13-26(34-19)21(20)23(30)28(15-16-29)22(26)24(31)27(14-7-3)18(4)11-6-2/h5,7,18-22,29H,1,3,6,8-17H2,2,4H3/t18?,19-,20+,21-,22?,26?/m0/s1. The fourth-order valence-electron chi connectivity index (χ4n) is 6.07. The van der Waals surface area contributed by atoms with Gasteiger partial charge in [0, 0.05) is 24.4 Å². The van der Waals surface area contributed by atoms with Gasteiger partial charge in [-0.05, 0) is 45.4 Å². The average Bonchev–Trinajstić information content (AvgIpc) is 3.45. The average molecular weight is 493 g/mol. The number of aliphatic hydroxyl groups excluding tert-OH is 1. The molecule has 3 aliphatic heterocycles. The summed E-state index contributed by atoms with van der Waals surface area (Å²) in [5.41, 5.74) is 0. The number of allylic oxidation sites excluding steroid dienone is 1. The molecule has 0 aromatic carbocycles. The van der Waals surface area contributed by atoms with Gasteiger partial charge in [0.2, 0.25) is 11.8 Å². The normalized spacial score (nSPS) is 30.2. The number of ether oxygens (including phenoxy) is 1. The molecule has 3 unspecified atom stereocenters. The molecular formula is C26H40N2O5S. The summed E-state index contributed by atoms with van der Waals surface area (Å²) in [4.78, 5) is 44.2. The number of hydrogen-bond acceptors (Lipinski definition) is 6. The predicted molar refractivity (Wildman–Crippen MR) is 134 cm³/mol. The Morgan fingerprint density at radius 3 is 2.76 bits per heavy atom. The van der Waals surface area contributed by atoms with Gasteiger partial charge < -0.3 is 19.6 Å². The first-order valence-corrected chi connectivity index (χ1v) is 13.5. The van der Waals surface area contributed by atoms with Crippen LogP contribution in [0.5, 0.6) is 0 Å². The first kappa shape index (κ1) is 26.8. The Hall–Kier alpha value is -1.80. The maximum absolute atomic E-state index is 14.0. The zero-order valence-electron chi connectivity index (χ0n) is 20.6. The minimum absolute atomic E-state index is 0.0111. The van der Waals surface area contributed by atoms with Crippen molar-refractivity contribution in [2.24, 2.45) is 11.8 Å². The number of nitrogens with zero attached hydrogens (tertiary/aromatic N) is 2. The highest BCUT2D eigenvalue weighted by atomic mass is 32.2. The van der Waals surface area contributed by atoms with Crippen LogP contribution in [0.2, 0.25) is 0 Å². The fourth-order valence-corrected chi connectivity index (χ4v) is 8.27. The van der Waals surface area contributed by atoms with Crippen LogP contribution >= 0.6 is 11.8 Å². The van der Waals surface area contributed by atoms with Gasteiger partial charge in [0.25, 0.3) is 0 Å². The Morgan fingerprint density at radius 2 is 2.12 bits per heavy atom. The molecule has 3 saturated heterocycles. The summed E-state index contributed by atoms with van der Waals surface area (Å²) in [6.45, 7) is 12.3. The van der Waals surface area contributed by atoms with E-state index in [0.29, 0.717) is 19.6 Å². The van der Waals surface area contributed by atoms with E-state index in [1.807, 2.05) is 17.9 Å². The molecule has 2 bridgehead atoms. The van der Waals surface area contributed by atoms with Crippen LogP contribution in [0.4, 0.5) is 0 Å². The molecule has 0 saturated carbocycles. The Morgan fingerprint density at radius 1 is 1.35 bits per heavy atom. The number of fused-ring (bicyclic) bond motifs is 1. The molecule has 8 heteroatoms. The lowest BCUT2D eigenvalue weighted by Gasteiger charge is -2.39. The van der Waals surface area contributed by atoms with Crippen molar-refractivity contribution < 1.29 is 24.2 Å². The van der Waals surface area contributed by atoms with E-state index in [2.05, 4.69) is 20.1 Å². The van der Waals surface area contributed by atoms with Crippen molar-refractivity contribution in [2.75, 3.05) is 26.3 Å². The summed E-state index contributed by atoms with van der Waals surface area (Å²) in [6, 6.07) is -0.672. The third-order valence-electron chi connectivity index (χ3n) is 7.54.